The molecule has 0 spiro atoms. The molecule has 0 saturated carbocycles. The molecule has 0 radical (unpaired) electrons. The summed E-state index contributed by atoms with van der Waals surface area (Å²) in [4.78, 5) is 18.2. The van der Waals surface area contributed by atoms with E-state index in [2.05, 4.69) is 20.5 Å². The minimum absolute atomic E-state index is 0. The smallest absolute Gasteiger partial charge is 0.416 e. The van der Waals surface area contributed by atoms with Crippen LogP contribution in [0.4, 0.5) is 13.2 Å². The second kappa shape index (κ2) is 12.9. The molecule has 0 unspecified atom stereocenters. The van der Waals surface area contributed by atoms with Crippen molar-refractivity contribution in [2.24, 2.45) is 10.9 Å². The van der Waals surface area contributed by atoms with E-state index in [-0.39, 0.29) is 42.2 Å². The number of halogens is 4. The lowest BCUT2D eigenvalue weighted by atomic mass is 9.93. The molecule has 10 heteroatoms. The second-order valence-electron chi connectivity index (χ2n) is 6.92. The molecule has 1 aliphatic rings. The van der Waals surface area contributed by atoms with Gasteiger partial charge in [0.05, 0.1) is 12.1 Å². The summed E-state index contributed by atoms with van der Waals surface area (Å²) in [5.74, 6) is 1.38. The van der Waals surface area contributed by atoms with Crippen LogP contribution in [-0.4, -0.2) is 56.6 Å². The Kier molecular flexibility index (Phi) is 11.3. The average molecular weight is 542 g/mol. The number of likely N-dealkylation sites (tertiary alicyclic amines) is 1. The van der Waals surface area contributed by atoms with Crippen LogP contribution in [0.1, 0.15) is 31.7 Å². The summed E-state index contributed by atoms with van der Waals surface area (Å²) in [5, 5.41) is 5.90. The third kappa shape index (κ3) is 8.57. The number of ether oxygens (including phenoxy) is 1. The number of guanidine groups is 1. The summed E-state index contributed by atoms with van der Waals surface area (Å²) in [6.45, 7) is 4.82. The topological polar surface area (TPSA) is 66.0 Å². The highest BCUT2D eigenvalue weighted by Gasteiger charge is 2.30. The number of benzene rings is 1. The normalized spacial score (nSPS) is 15.4. The maximum absolute atomic E-state index is 12.8. The monoisotopic (exact) mass is 542 g/mol. The molecule has 0 aliphatic carbocycles. The zero-order valence-corrected chi connectivity index (χ0v) is 19.6. The van der Waals surface area contributed by atoms with Crippen LogP contribution < -0.4 is 15.4 Å². The number of nitrogens with zero attached hydrogens (tertiary/aromatic N) is 2. The second-order valence-corrected chi connectivity index (χ2v) is 6.92. The number of nitrogens with one attached hydrogen (secondary N) is 2. The van der Waals surface area contributed by atoms with Gasteiger partial charge in [-0.1, -0.05) is 6.07 Å². The van der Waals surface area contributed by atoms with E-state index in [1.54, 1.807) is 7.05 Å². The average Bonchev–Trinajstić information content (AvgIpc) is 2.70. The Morgan fingerprint density at radius 1 is 1.30 bits per heavy atom. The van der Waals surface area contributed by atoms with Crippen LogP contribution in [0.25, 0.3) is 0 Å². The molecular formula is C20H30F3IN4O2. The molecule has 2 rings (SSSR count). The van der Waals surface area contributed by atoms with E-state index in [0.29, 0.717) is 25.4 Å². The Labute approximate surface area is 192 Å². The molecule has 1 aromatic rings. The van der Waals surface area contributed by atoms with Gasteiger partial charge in [0.2, 0.25) is 5.91 Å². The number of hydrogen-bond donors (Lipinski definition) is 2. The summed E-state index contributed by atoms with van der Waals surface area (Å²) in [7, 11) is 1.65. The van der Waals surface area contributed by atoms with E-state index in [1.165, 1.54) is 12.1 Å². The van der Waals surface area contributed by atoms with Crippen molar-refractivity contribution in [3.63, 3.8) is 0 Å². The van der Waals surface area contributed by atoms with Gasteiger partial charge < -0.3 is 20.3 Å². The summed E-state index contributed by atoms with van der Waals surface area (Å²) in [5.41, 5.74) is -0.730. The third-order valence-electron chi connectivity index (χ3n) is 4.78. The van der Waals surface area contributed by atoms with Crippen molar-refractivity contribution in [2.75, 3.05) is 39.8 Å². The van der Waals surface area contributed by atoms with Crippen molar-refractivity contribution >= 4 is 35.8 Å². The molecule has 1 fully saturated rings. The molecule has 6 nitrogen and oxygen atoms in total. The molecule has 1 amide bonds. The molecule has 1 heterocycles. The molecule has 0 bridgehead atoms. The van der Waals surface area contributed by atoms with E-state index >= 15 is 0 Å². The lowest BCUT2D eigenvalue weighted by molar-refractivity contribution is -0.137. The Hall–Kier alpha value is -1.72. The number of carbonyl (C=O) groups is 1. The largest absolute Gasteiger partial charge is 0.492 e. The molecule has 0 atom stereocenters. The fourth-order valence-electron chi connectivity index (χ4n) is 3.22. The molecule has 1 aromatic carbocycles. The van der Waals surface area contributed by atoms with Gasteiger partial charge in [-0.25, -0.2) is 4.99 Å². The van der Waals surface area contributed by atoms with Gasteiger partial charge >= 0.3 is 6.18 Å². The van der Waals surface area contributed by atoms with Gasteiger partial charge in [-0.3, -0.25) is 4.79 Å². The predicted octanol–water partition coefficient (Wildman–Crippen LogP) is 3.52. The molecule has 0 aromatic heterocycles. The fourth-order valence-corrected chi connectivity index (χ4v) is 3.22. The lowest BCUT2D eigenvalue weighted by Crippen LogP contribution is -2.46. The molecule has 1 aliphatic heterocycles. The molecule has 170 valence electrons. The molecule has 1 saturated heterocycles. The van der Waals surface area contributed by atoms with Crippen LogP contribution in [0.2, 0.25) is 0 Å². The van der Waals surface area contributed by atoms with E-state index in [9.17, 15) is 18.0 Å². The molecule has 30 heavy (non-hydrogen) atoms. The van der Waals surface area contributed by atoms with E-state index in [1.807, 2.05) is 6.92 Å². The van der Waals surface area contributed by atoms with Crippen LogP contribution in [0.5, 0.6) is 5.75 Å². The standard InChI is InChI=1S/C20H29F3N4O2.HI/c1-3-25-19(27-10-7-15(8-11-27)13-18(28)24-2)26-9-12-29-17-6-4-5-16(14-17)20(21,22)23;/h4-6,14-15H,3,7-13H2,1-2H3,(H,24,28)(H,25,26);1H. The summed E-state index contributed by atoms with van der Waals surface area (Å²) in [6.07, 6.45) is -2.01. The summed E-state index contributed by atoms with van der Waals surface area (Å²) < 4.78 is 43.7. The van der Waals surface area contributed by atoms with Crippen molar-refractivity contribution in [3.8, 4) is 5.75 Å². The van der Waals surface area contributed by atoms with Crippen LogP contribution >= 0.6 is 24.0 Å². The first-order valence-electron chi connectivity index (χ1n) is 9.87. The molecule has 2 N–H and O–H groups in total. The number of piperidine rings is 1. The number of alkyl halides is 3. The van der Waals surface area contributed by atoms with E-state index < -0.39 is 11.7 Å². The highest BCUT2D eigenvalue weighted by atomic mass is 127. The summed E-state index contributed by atoms with van der Waals surface area (Å²) >= 11 is 0. The number of hydrogen-bond acceptors (Lipinski definition) is 3. The quantitative estimate of drug-likeness (QED) is 0.240. The van der Waals surface area contributed by atoms with Crippen molar-refractivity contribution < 1.29 is 22.7 Å². The van der Waals surface area contributed by atoms with Gasteiger partial charge in [-0.05, 0) is 43.9 Å². The van der Waals surface area contributed by atoms with Crippen LogP contribution in [0, 0.1) is 5.92 Å². The predicted molar refractivity (Wildman–Crippen MR) is 121 cm³/mol. The molecular weight excluding hydrogens is 512 g/mol. The zero-order valence-electron chi connectivity index (χ0n) is 17.3. The van der Waals surface area contributed by atoms with Crippen LogP contribution in [-0.2, 0) is 11.0 Å². The van der Waals surface area contributed by atoms with Gasteiger partial charge in [0.1, 0.15) is 12.4 Å². The first-order chi connectivity index (χ1) is 13.8. The van der Waals surface area contributed by atoms with Gasteiger partial charge in [-0.2, -0.15) is 13.2 Å². The van der Waals surface area contributed by atoms with E-state index in [0.717, 1.165) is 44.0 Å². The Balaban J connectivity index is 0.00000450. The number of amides is 1. The van der Waals surface area contributed by atoms with Gasteiger partial charge in [0, 0.05) is 33.1 Å². The van der Waals surface area contributed by atoms with Crippen molar-refractivity contribution in [1.29, 1.82) is 0 Å². The first-order valence-corrected chi connectivity index (χ1v) is 9.87. The van der Waals surface area contributed by atoms with E-state index in [4.69, 9.17) is 4.74 Å². The maximum atomic E-state index is 12.8. The minimum Gasteiger partial charge on any atom is -0.492 e. The number of rotatable bonds is 7. The minimum atomic E-state index is -4.39. The number of carbonyl (C=O) groups excluding carboxylic acids is 1. The van der Waals surface area contributed by atoms with Crippen LogP contribution in [0.15, 0.2) is 29.3 Å². The van der Waals surface area contributed by atoms with Crippen molar-refractivity contribution in [1.82, 2.24) is 15.5 Å². The van der Waals surface area contributed by atoms with Gasteiger partial charge in [0.15, 0.2) is 5.96 Å². The maximum Gasteiger partial charge on any atom is 0.416 e. The highest BCUT2D eigenvalue weighted by molar-refractivity contribution is 14.0. The lowest BCUT2D eigenvalue weighted by Gasteiger charge is -2.34. The SMILES string of the molecule is CCNC(=NCCOc1cccc(C(F)(F)F)c1)N1CCC(CC(=O)NC)CC1.I. The first kappa shape index (κ1) is 26.3. The van der Waals surface area contributed by atoms with Crippen molar-refractivity contribution in [2.45, 2.75) is 32.4 Å². The highest BCUT2D eigenvalue weighted by Crippen LogP contribution is 2.31. The summed E-state index contributed by atoms with van der Waals surface area (Å²) in [6, 6.07) is 4.84. The number of aliphatic imine (C=N–C) groups is 1. The van der Waals surface area contributed by atoms with Crippen LogP contribution in [0.3, 0.4) is 0 Å². The third-order valence-corrected chi connectivity index (χ3v) is 4.78. The fraction of sp³-hybridized carbons (Fsp3) is 0.600. The van der Waals surface area contributed by atoms with Gasteiger partial charge in [-0.15, -0.1) is 24.0 Å². The van der Waals surface area contributed by atoms with Crippen molar-refractivity contribution in [3.05, 3.63) is 29.8 Å². The Morgan fingerprint density at radius 2 is 2.00 bits per heavy atom. The zero-order chi connectivity index (χ0) is 21.3. The Bertz CT molecular complexity index is 693. The van der Waals surface area contributed by atoms with Gasteiger partial charge in [0.25, 0.3) is 0 Å². The Morgan fingerprint density at radius 3 is 2.60 bits per heavy atom.